The van der Waals surface area contributed by atoms with E-state index in [0.717, 1.165) is 32.3 Å². The molecule has 12 nitrogen and oxygen atoms in total. The van der Waals surface area contributed by atoms with Crippen LogP contribution in [-0.4, -0.2) is 41.8 Å². The van der Waals surface area contributed by atoms with Gasteiger partial charge < -0.3 is 14.9 Å². The molecule has 0 aliphatic heterocycles. The number of hydrogen-bond acceptors (Lipinski definition) is 7. The van der Waals surface area contributed by atoms with Crippen molar-refractivity contribution < 1.29 is 29.3 Å². The number of carbonyl (C=O) groups is 3. The maximum atomic E-state index is 12.2. The highest BCUT2D eigenvalue weighted by atomic mass is 16.5. The maximum absolute atomic E-state index is 12.2. The van der Waals surface area contributed by atoms with E-state index in [2.05, 4.69) is 0 Å². The summed E-state index contributed by atoms with van der Waals surface area (Å²) in [4.78, 5) is 70.0. The van der Waals surface area contributed by atoms with E-state index in [4.69, 9.17) is 14.9 Å². The van der Waals surface area contributed by atoms with Crippen LogP contribution in [-0.2, 0) is 25.6 Å². The van der Waals surface area contributed by atoms with Gasteiger partial charge in [0.25, 0.3) is 0 Å². The molecule has 2 aromatic rings. The SMILES string of the molecule is Cn1c(=O)n(C)c(=O)n(COC(=O)c2cc(C(=O)O)ccc2C(=O)O)c1=O. The molecule has 0 aliphatic rings. The first-order valence-corrected chi connectivity index (χ1v) is 7.21. The molecule has 0 spiro atoms. The Labute approximate surface area is 149 Å². The minimum Gasteiger partial charge on any atom is -0.478 e. The first-order chi connectivity index (χ1) is 12.6. The van der Waals surface area contributed by atoms with Gasteiger partial charge in [0.05, 0.1) is 16.7 Å². The number of benzene rings is 1. The van der Waals surface area contributed by atoms with Crippen LogP contribution in [0.2, 0.25) is 0 Å². The second-order valence-corrected chi connectivity index (χ2v) is 5.33. The van der Waals surface area contributed by atoms with E-state index in [-0.39, 0.29) is 5.56 Å². The van der Waals surface area contributed by atoms with Gasteiger partial charge in [0.15, 0.2) is 6.73 Å². The molecular formula is C15H13N3O9. The van der Waals surface area contributed by atoms with E-state index in [1.807, 2.05) is 0 Å². The molecule has 0 fully saturated rings. The third-order valence-corrected chi connectivity index (χ3v) is 3.65. The van der Waals surface area contributed by atoms with Crippen LogP contribution in [0.3, 0.4) is 0 Å². The quantitative estimate of drug-likeness (QED) is 0.585. The maximum Gasteiger partial charge on any atom is 0.340 e. The summed E-state index contributed by atoms with van der Waals surface area (Å²) in [5.41, 5.74) is -4.43. The molecule has 1 heterocycles. The third kappa shape index (κ3) is 3.53. The van der Waals surface area contributed by atoms with E-state index in [1.54, 1.807) is 0 Å². The van der Waals surface area contributed by atoms with Gasteiger partial charge in [-0.1, -0.05) is 0 Å². The first-order valence-electron chi connectivity index (χ1n) is 7.21. The van der Waals surface area contributed by atoms with Crippen molar-refractivity contribution in [1.82, 2.24) is 13.7 Å². The molecule has 0 unspecified atom stereocenters. The number of nitrogens with zero attached hydrogens (tertiary/aromatic N) is 3. The molecular weight excluding hydrogens is 366 g/mol. The number of carbonyl (C=O) groups excluding carboxylic acids is 1. The van der Waals surface area contributed by atoms with Crippen LogP contribution >= 0.6 is 0 Å². The van der Waals surface area contributed by atoms with Gasteiger partial charge in [-0.3, -0.25) is 0 Å². The van der Waals surface area contributed by atoms with Crippen molar-refractivity contribution in [2.75, 3.05) is 0 Å². The number of esters is 1. The molecule has 0 saturated heterocycles. The molecule has 0 saturated carbocycles. The highest BCUT2D eigenvalue weighted by molar-refractivity contribution is 6.04. The van der Waals surface area contributed by atoms with Crippen molar-refractivity contribution in [2.24, 2.45) is 14.1 Å². The van der Waals surface area contributed by atoms with E-state index >= 15 is 0 Å². The predicted octanol–water partition coefficient (Wildman–Crippen LogP) is -1.54. The van der Waals surface area contributed by atoms with Crippen LogP contribution in [0.1, 0.15) is 31.1 Å². The second kappa shape index (κ2) is 7.11. The average Bonchev–Trinajstić information content (AvgIpc) is 2.63. The summed E-state index contributed by atoms with van der Waals surface area (Å²) in [6, 6.07) is 2.71. The minimum absolute atomic E-state index is 0.359. The van der Waals surface area contributed by atoms with Crippen molar-refractivity contribution in [3.05, 3.63) is 66.3 Å². The zero-order valence-electron chi connectivity index (χ0n) is 14.0. The third-order valence-electron chi connectivity index (χ3n) is 3.65. The van der Waals surface area contributed by atoms with Crippen molar-refractivity contribution in [2.45, 2.75) is 6.73 Å². The molecule has 0 aliphatic carbocycles. The second-order valence-electron chi connectivity index (χ2n) is 5.33. The fourth-order valence-corrected chi connectivity index (χ4v) is 2.18. The van der Waals surface area contributed by atoms with Gasteiger partial charge >= 0.3 is 35.0 Å². The zero-order valence-corrected chi connectivity index (χ0v) is 14.0. The summed E-state index contributed by atoms with van der Waals surface area (Å²) in [5, 5.41) is 18.1. The molecule has 1 aromatic carbocycles. The van der Waals surface area contributed by atoms with Crippen molar-refractivity contribution >= 4 is 17.9 Å². The fraction of sp³-hybridized carbons (Fsp3) is 0.200. The molecule has 0 amide bonds. The number of hydrogen-bond donors (Lipinski definition) is 2. The van der Waals surface area contributed by atoms with Gasteiger partial charge in [-0.25, -0.2) is 42.5 Å². The average molecular weight is 379 g/mol. The Morgan fingerprint density at radius 2 is 1.44 bits per heavy atom. The highest BCUT2D eigenvalue weighted by Crippen LogP contribution is 2.14. The lowest BCUT2D eigenvalue weighted by Crippen LogP contribution is -2.53. The van der Waals surface area contributed by atoms with Gasteiger partial charge in [-0.2, -0.15) is 0 Å². The lowest BCUT2D eigenvalue weighted by molar-refractivity contribution is 0.0343. The van der Waals surface area contributed by atoms with Crippen molar-refractivity contribution in [3.63, 3.8) is 0 Å². The van der Waals surface area contributed by atoms with Gasteiger partial charge in [0.2, 0.25) is 0 Å². The Morgan fingerprint density at radius 1 is 0.889 bits per heavy atom. The number of aromatic carboxylic acids is 2. The topological polar surface area (TPSA) is 167 Å². The summed E-state index contributed by atoms with van der Waals surface area (Å²) >= 11 is 0. The Hall–Kier alpha value is -3.96. The van der Waals surface area contributed by atoms with Crippen LogP contribution in [0.5, 0.6) is 0 Å². The monoisotopic (exact) mass is 379 g/mol. The summed E-state index contributed by atoms with van der Waals surface area (Å²) in [6.07, 6.45) is 0. The minimum atomic E-state index is -1.51. The molecule has 0 bridgehead atoms. The van der Waals surface area contributed by atoms with Crippen molar-refractivity contribution in [1.29, 1.82) is 0 Å². The Balaban J connectivity index is 2.43. The summed E-state index contributed by atoms with van der Waals surface area (Å²) < 4.78 is 6.46. The largest absolute Gasteiger partial charge is 0.478 e. The fourth-order valence-electron chi connectivity index (χ4n) is 2.18. The molecule has 0 radical (unpaired) electrons. The lowest BCUT2D eigenvalue weighted by Gasteiger charge is -2.11. The van der Waals surface area contributed by atoms with Crippen LogP contribution in [0, 0.1) is 0 Å². The number of rotatable bonds is 5. The number of ether oxygens (including phenoxy) is 1. The molecule has 0 atom stereocenters. The van der Waals surface area contributed by atoms with Gasteiger partial charge in [-0.05, 0) is 18.2 Å². The van der Waals surface area contributed by atoms with E-state index < -0.39 is 52.8 Å². The number of aromatic nitrogens is 3. The standard InChI is InChI=1S/C15H13N3O9/c1-16-13(24)17(2)15(26)18(14(16)25)6-27-12(23)9-5-7(10(19)20)3-4-8(9)11(21)22/h3-5H,6H2,1-2H3,(H,19,20)(H,21,22). The van der Waals surface area contributed by atoms with Crippen LogP contribution < -0.4 is 17.1 Å². The number of carboxylic acids is 2. The van der Waals surface area contributed by atoms with Crippen LogP contribution in [0.4, 0.5) is 0 Å². The Bertz CT molecular complexity index is 1100. The van der Waals surface area contributed by atoms with E-state index in [1.165, 1.54) is 0 Å². The van der Waals surface area contributed by atoms with E-state index in [0.29, 0.717) is 13.7 Å². The van der Waals surface area contributed by atoms with Crippen LogP contribution in [0.25, 0.3) is 0 Å². The Morgan fingerprint density at radius 3 is 1.93 bits per heavy atom. The Kier molecular flexibility index (Phi) is 5.10. The van der Waals surface area contributed by atoms with Crippen LogP contribution in [0.15, 0.2) is 32.6 Å². The predicted molar refractivity (Wildman–Crippen MR) is 87.0 cm³/mol. The van der Waals surface area contributed by atoms with Gasteiger partial charge in [0, 0.05) is 14.1 Å². The molecule has 2 N–H and O–H groups in total. The highest BCUT2D eigenvalue weighted by Gasteiger charge is 2.21. The molecule has 27 heavy (non-hydrogen) atoms. The normalized spacial score (nSPS) is 10.4. The molecule has 1 aromatic heterocycles. The summed E-state index contributed by atoms with van der Waals surface area (Å²) in [7, 11) is 2.22. The lowest BCUT2D eigenvalue weighted by atomic mass is 10.0. The molecule has 2 rings (SSSR count). The smallest absolute Gasteiger partial charge is 0.340 e. The van der Waals surface area contributed by atoms with Gasteiger partial charge in [0.1, 0.15) is 0 Å². The summed E-state index contributed by atoms with van der Waals surface area (Å²) in [6.45, 7) is -0.908. The van der Waals surface area contributed by atoms with Crippen molar-refractivity contribution in [3.8, 4) is 0 Å². The molecule has 12 heteroatoms. The first kappa shape index (κ1) is 19.4. The van der Waals surface area contributed by atoms with E-state index in [9.17, 15) is 28.8 Å². The number of carboxylic acid groups (broad SMARTS) is 2. The zero-order chi connectivity index (χ0) is 20.5. The summed E-state index contributed by atoms with van der Waals surface area (Å²) in [5.74, 6) is -4.17. The molecule has 142 valence electrons. The van der Waals surface area contributed by atoms with Gasteiger partial charge in [-0.15, -0.1) is 0 Å².